The first-order valence-corrected chi connectivity index (χ1v) is 8.14. The number of nitrogens with one attached hydrogen (secondary N) is 1. The highest BCUT2D eigenvalue weighted by atomic mass is 35.5. The number of sulfonamides is 1. The molecule has 1 aromatic rings. The molecular weight excluding hydrogens is 310 g/mol. The molecule has 0 aliphatic carbocycles. The van der Waals surface area contributed by atoms with E-state index < -0.39 is 15.9 Å². The summed E-state index contributed by atoms with van der Waals surface area (Å²) >= 11 is 6.63. The molecule has 0 spiro atoms. The molecule has 0 bridgehead atoms. The van der Waals surface area contributed by atoms with Crippen molar-refractivity contribution in [3.8, 4) is 0 Å². The molecule has 1 unspecified atom stereocenters. The van der Waals surface area contributed by atoms with Gasteiger partial charge < -0.3 is 5.32 Å². The molecule has 1 aromatic heterocycles. The van der Waals surface area contributed by atoms with Crippen LogP contribution in [0.1, 0.15) is 12.6 Å². The summed E-state index contributed by atoms with van der Waals surface area (Å²) in [4.78, 5) is 15.3. The number of hydrogen-bond acceptors (Lipinski definition) is 5. The van der Waals surface area contributed by atoms with Gasteiger partial charge in [-0.05, 0) is 6.92 Å². The molecule has 0 aliphatic rings. The third-order valence-corrected chi connectivity index (χ3v) is 6.27. The lowest BCUT2D eigenvalue weighted by Crippen LogP contribution is -2.37. The molecule has 0 saturated heterocycles. The van der Waals surface area contributed by atoms with Gasteiger partial charge in [-0.1, -0.05) is 29.9 Å². The lowest BCUT2D eigenvalue weighted by molar-refractivity contribution is -0.124. The second-order valence-corrected chi connectivity index (χ2v) is 7.96. The van der Waals surface area contributed by atoms with E-state index >= 15 is 0 Å². The molecule has 0 saturated carbocycles. The summed E-state index contributed by atoms with van der Waals surface area (Å²) < 4.78 is 26.1. The zero-order valence-corrected chi connectivity index (χ0v) is 13.5. The fourth-order valence-electron chi connectivity index (χ4n) is 1.54. The molecule has 0 aromatic carbocycles. The maximum Gasteiger partial charge on any atom is 0.254 e. The summed E-state index contributed by atoms with van der Waals surface area (Å²) in [6.45, 7) is 3.35. The Labute approximate surface area is 121 Å². The second kappa shape index (κ2) is 6.17. The van der Waals surface area contributed by atoms with Gasteiger partial charge in [-0.25, -0.2) is 13.4 Å². The Kier molecular flexibility index (Phi) is 5.31. The molecular formula is C10H16ClN3O3S2. The molecule has 108 valence electrons. The molecule has 1 rings (SSSR count). The predicted octanol–water partition coefficient (Wildman–Crippen LogP) is 1.11. The Morgan fingerprint density at radius 1 is 1.58 bits per heavy atom. The van der Waals surface area contributed by atoms with E-state index in [1.165, 1.54) is 14.1 Å². The fourth-order valence-corrected chi connectivity index (χ4v) is 4.73. The number of carbonyl (C=O) groups is 1. The number of nitrogens with zero attached hydrogens (tertiary/aromatic N) is 2. The van der Waals surface area contributed by atoms with Crippen molar-refractivity contribution >= 4 is 38.9 Å². The van der Waals surface area contributed by atoms with Gasteiger partial charge in [-0.2, -0.15) is 4.31 Å². The average Bonchev–Trinajstić information content (AvgIpc) is 2.67. The summed E-state index contributed by atoms with van der Waals surface area (Å²) in [6.07, 6.45) is 0. The van der Waals surface area contributed by atoms with Crippen molar-refractivity contribution in [1.82, 2.24) is 14.6 Å². The summed E-state index contributed by atoms with van der Waals surface area (Å²) in [5.74, 6) is -0.644. The van der Waals surface area contributed by atoms with E-state index in [2.05, 4.69) is 10.3 Å². The number of thiazole rings is 1. The highest BCUT2D eigenvalue weighted by molar-refractivity contribution is 7.91. The van der Waals surface area contributed by atoms with Crippen LogP contribution < -0.4 is 5.32 Å². The number of rotatable bonds is 5. The Morgan fingerprint density at radius 3 is 2.58 bits per heavy atom. The maximum atomic E-state index is 12.3. The molecule has 1 N–H and O–H groups in total. The molecule has 1 atom stereocenters. The number of aromatic nitrogens is 1. The van der Waals surface area contributed by atoms with Crippen LogP contribution in [0.25, 0.3) is 0 Å². The van der Waals surface area contributed by atoms with E-state index in [1.807, 2.05) is 0 Å². The third-order valence-electron chi connectivity index (χ3n) is 2.60. The van der Waals surface area contributed by atoms with Crippen LogP contribution in [0.5, 0.6) is 0 Å². The number of carbonyl (C=O) groups excluding carboxylic acids is 1. The van der Waals surface area contributed by atoms with Crippen LogP contribution in [0.15, 0.2) is 4.21 Å². The summed E-state index contributed by atoms with van der Waals surface area (Å²) in [5.41, 5.74) is 0.370. The zero-order chi connectivity index (χ0) is 14.8. The van der Waals surface area contributed by atoms with Crippen LogP contribution in [0.4, 0.5) is 0 Å². The van der Waals surface area contributed by atoms with Crippen molar-refractivity contribution < 1.29 is 13.2 Å². The average molecular weight is 326 g/mol. The first-order chi connectivity index (χ1) is 8.70. The van der Waals surface area contributed by atoms with Crippen LogP contribution in [0, 0.1) is 12.8 Å². The third kappa shape index (κ3) is 3.65. The Hall–Kier alpha value is -0.700. The first kappa shape index (κ1) is 16.4. The highest BCUT2D eigenvalue weighted by Gasteiger charge is 2.28. The molecule has 1 heterocycles. The molecule has 6 nitrogen and oxygen atoms in total. The van der Waals surface area contributed by atoms with Gasteiger partial charge in [-0.3, -0.25) is 4.79 Å². The maximum absolute atomic E-state index is 12.3. The molecule has 0 aliphatic heterocycles. The minimum atomic E-state index is -3.66. The van der Waals surface area contributed by atoms with Gasteiger partial charge in [0.15, 0.2) is 8.68 Å². The van der Waals surface area contributed by atoms with Gasteiger partial charge in [0.05, 0.1) is 5.69 Å². The van der Waals surface area contributed by atoms with E-state index in [9.17, 15) is 13.2 Å². The first-order valence-electron chi connectivity index (χ1n) is 5.51. The number of amides is 1. The largest absolute Gasteiger partial charge is 0.359 e. The van der Waals surface area contributed by atoms with Crippen molar-refractivity contribution in [2.45, 2.75) is 18.1 Å². The van der Waals surface area contributed by atoms with Gasteiger partial charge >= 0.3 is 0 Å². The Bertz CT molecular complexity index is 571. The van der Waals surface area contributed by atoms with Crippen molar-refractivity contribution in [3.63, 3.8) is 0 Å². The van der Waals surface area contributed by atoms with Gasteiger partial charge in [-0.15, -0.1) is 0 Å². The minimum Gasteiger partial charge on any atom is -0.359 e. The van der Waals surface area contributed by atoms with Crippen molar-refractivity contribution in [2.75, 3.05) is 20.6 Å². The smallest absolute Gasteiger partial charge is 0.254 e. The number of halogens is 1. The van der Waals surface area contributed by atoms with Crippen molar-refractivity contribution in [1.29, 1.82) is 0 Å². The normalized spacial score (nSPS) is 13.6. The lowest BCUT2D eigenvalue weighted by atomic mass is 10.2. The van der Waals surface area contributed by atoms with Gasteiger partial charge in [0.25, 0.3) is 10.0 Å². The highest BCUT2D eigenvalue weighted by Crippen LogP contribution is 2.29. The fraction of sp³-hybridized carbons (Fsp3) is 0.600. The zero-order valence-electron chi connectivity index (χ0n) is 11.1. The molecule has 9 heteroatoms. The Morgan fingerprint density at radius 2 is 2.16 bits per heavy atom. The number of aryl methyl sites for hydroxylation is 1. The van der Waals surface area contributed by atoms with Crippen molar-refractivity contribution in [3.05, 3.63) is 10.2 Å². The van der Waals surface area contributed by atoms with Crippen LogP contribution >= 0.6 is 22.9 Å². The molecule has 19 heavy (non-hydrogen) atoms. The summed E-state index contributed by atoms with van der Waals surface area (Å²) in [7, 11) is -0.714. The second-order valence-electron chi connectivity index (χ2n) is 4.14. The van der Waals surface area contributed by atoms with Crippen molar-refractivity contribution in [2.24, 2.45) is 5.92 Å². The SMILES string of the molecule is CNC(=O)C(C)CN(C)S(=O)(=O)c1sc(Cl)nc1C. The van der Waals surface area contributed by atoms with Crippen LogP contribution in [0.2, 0.25) is 4.47 Å². The van der Waals surface area contributed by atoms with E-state index in [-0.39, 0.29) is 21.1 Å². The van der Waals surface area contributed by atoms with Gasteiger partial charge in [0, 0.05) is 26.6 Å². The number of hydrogen-bond donors (Lipinski definition) is 1. The summed E-state index contributed by atoms with van der Waals surface area (Å²) in [6, 6.07) is 0. The van der Waals surface area contributed by atoms with E-state index in [4.69, 9.17) is 11.6 Å². The van der Waals surface area contributed by atoms with E-state index in [0.717, 1.165) is 15.6 Å². The van der Waals surface area contributed by atoms with Gasteiger partial charge in [0.2, 0.25) is 5.91 Å². The van der Waals surface area contributed by atoms with Crippen LogP contribution in [-0.2, 0) is 14.8 Å². The molecule has 1 amide bonds. The van der Waals surface area contributed by atoms with Crippen LogP contribution in [0.3, 0.4) is 0 Å². The molecule has 0 fully saturated rings. The topological polar surface area (TPSA) is 79.4 Å². The lowest BCUT2D eigenvalue weighted by Gasteiger charge is -2.19. The standard InChI is InChI=1S/C10H16ClN3O3S2/c1-6(8(15)12-3)5-14(4)19(16,17)9-7(2)13-10(11)18-9/h6H,5H2,1-4H3,(H,12,15). The minimum absolute atomic E-state index is 0.0942. The monoisotopic (exact) mass is 325 g/mol. The molecule has 0 radical (unpaired) electrons. The van der Waals surface area contributed by atoms with Gasteiger partial charge in [0.1, 0.15) is 0 Å². The van der Waals surface area contributed by atoms with E-state index in [1.54, 1.807) is 13.8 Å². The quantitative estimate of drug-likeness (QED) is 0.879. The predicted molar refractivity (Wildman–Crippen MR) is 74.9 cm³/mol. The summed E-state index contributed by atoms with van der Waals surface area (Å²) in [5, 5.41) is 2.49. The van der Waals surface area contributed by atoms with E-state index in [0.29, 0.717) is 5.69 Å². The van der Waals surface area contributed by atoms with Crippen LogP contribution in [-0.4, -0.2) is 44.3 Å². The Balaban J connectivity index is 2.95.